The summed E-state index contributed by atoms with van der Waals surface area (Å²) in [6.07, 6.45) is 2.61. The van der Waals surface area contributed by atoms with Crippen molar-refractivity contribution in [2.45, 2.75) is 19.3 Å². The molecule has 3 nitrogen and oxygen atoms in total. The second-order valence-electron chi connectivity index (χ2n) is 3.93. The van der Waals surface area contributed by atoms with E-state index in [1.165, 1.54) is 0 Å². The first-order valence-corrected chi connectivity index (χ1v) is 5.45. The summed E-state index contributed by atoms with van der Waals surface area (Å²) < 4.78 is 5.29. The molecular weight excluding hydrogens is 203 g/mol. The molecule has 0 heterocycles. The number of hydrogen-bond donors (Lipinski definition) is 2. The smallest absolute Gasteiger partial charge is 0.484 e. The minimum atomic E-state index is -1.34. The minimum Gasteiger partial charge on any atom is -0.496 e. The van der Waals surface area contributed by atoms with Gasteiger partial charge in [-0.15, -0.1) is 0 Å². The maximum absolute atomic E-state index is 9.30. The van der Waals surface area contributed by atoms with Gasteiger partial charge in [0.15, 0.2) is 0 Å². The predicted molar refractivity (Wildman–Crippen MR) is 64.0 cm³/mol. The highest BCUT2D eigenvalue weighted by atomic mass is 16.5. The van der Waals surface area contributed by atoms with E-state index in [-0.39, 0.29) is 0 Å². The van der Waals surface area contributed by atoms with Crippen LogP contribution in [0.3, 0.4) is 0 Å². The van der Waals surface area contributed by atoms with Gasteiger partial charge in [-0.2, -0.15) is 0 Å². The molecule has 0 bridgehead atoms. The zero-order chi connectivity index (χ0) is 11.5. The molecule has 0 saturated heterocycles. The molecule has 1 aromatic carbocycles. The summed E-state index contributed by atoms with van der Waals surface area (Å²) in [4.78, 5) is 0. The zero-order valence-corrected chi connectivity index (χ0v) is 9.31. The maximum Gasteiger partial charge on any atom is 0.484 e. The molecule has 1 aliphatic carbocycles. The first-order chi connectivity index (χ1) is 7.74. The number of hydrogen-bond acceptors (Lipinski definition) is 3. The SMILES string of the molecule is COc1ccccc1C1=C(B(O)O)CCC1. The van der Waals surface area contributed by atoms with E-state index in [9.17, 15) is 10.0 Å². The van der Waals surface area contributed by atoms with Gasteiger partial charge in [-0.05, 0) is 36.4 Å². The first kappa shape index (κ1) is 11.2. The zero-order valence-electron chi connectivity index (χ0n) is 9.31. The van der Waals surface area contributed by atoms with Crippen LogP contribution in [0, 0.1) is 0 Å². The van der Waals surface area contributed by atoms with Gasteiger partial charge >= 0.3 is 7.12 Å². The molecule has 4 heteroatoms. The van der Waals surface area contributed by atoms with Gasteiger partial charge in [-0.1, -0.05) is 18.2 Å². The lowest BCUT2D eigenvalue weighted by atomic mass is 9.75. The molecule has 0 saturated carbocycles. The van der Waals surface area contributed by atoms with Gasteiger partial charge in [0.25, 0.3) is 0 Å². The standard InChI is InChI=1S/C12H15BO3/c1-16-12-8-3-2-5-10(12)9-6-4-7-11(9)13(14)15/h2-3,5,8,14-15H,4,6-7H2,1H3. The Kier molecular flexibility index (Phi) is 3.32. The number of benzene rings is 1. The summed E-state index contributed by atoms with van der Waals surface area (Å²) in [7, 11) is 0.283. The molecule has 16 heavy (non-hydrogen) atoms. The van der Waals surface area contributed by atoms with Gasteiger partial charge < -0.3 is 14.8 Å². The Hall–Kier alpha value is -1.26. The second kappa shape index (κ2) is 4.72. The largest absolute Gasteiger partial charge is 0.496 e. The number of rotatable bonds is 3. The van der Waals surface area contributed by atoms with E-state index in [2.05, 4.69) is 0 Å². The quantitative estimate of drug-likeness (QED) is 0.758. The van der Waals surface area contributed by atoms with Gasteiger partial charge in [0.05, 0.1) is 7.11 Å². The van der Waals surface area contributed by atoms with Crippen LogP contribution in [0.5, 0.6) is 5.75 Å². The Morgan fingerprint density at radius 3 is 2.62 bits per heavy atom. The first-order valence-electron chi connectivity index (χ1n) is 5.45. The van der Waals surface area contributed by atoms with Gasteiger partial charge in [0.2, 0.25) is 0 Å². The van der Waals surface area contributed by atoms with Gasteiger partial charge in [0.1, 0.15) is 5.75 Å². The lowest BCUT2D eigenvalue weighted by Gasteiger charge is -2.11. The molecule has 0 aromatic heterocycles. The number of ether oxygens (including phenoxy) is 1. The maximum atomic E-state index is 9.30. The fourth-order valence-electron chi connectivity index (χ4n) is 2.25. The van der Waals surface area contributed by atoms with Crippen LogP contribution in [-0.2, 0) is 0 Å². The third-order valence-electron chi connectivity index (χ3n) is 3.00. The van der Waals surface area contributed by atoms with Crippen LogP contribution in [0.2, 0.25) is 0 Å². The van der Waals surface area contributed by atoms with Crippen molar-refractivity contribution in [1.29, 1.82) is 0 Å². The Bertz CT molecular complexity index is 412. The van der Waals surface area contributed by atoms with Gasteiger partial charge in [0, 0.05) is 5.56 Å². The third kappa shape index (κ3) is 1.99. The van der Waals surface area contributed by atoms with Crippen molar-refractivity contribution < 1.29 is 14.8 Å². The van der Waals surface area contributed by atoms with Crippen molar-refractivity contribution in [1.82, 2.24) is 0 Å². The van der Waals surface area contributed by atoms with Crippen molar-refractivity contribution in [3.8, 4) is 5.75 Å². The average molecular weight is 218 g/mol. The van der Waals surface area contributed by atoms with Gasteiger partial charge in [-0.3, -0.25) is 0 Å². The average Bonchev–Trinajstić information content (AvgIpc) is 2.77. The summed E-state index contributed by atoms with van der Waals surface area (Å²) in [5.41, 5.74) is 2.72. The molecule has 84 valence electrons. The van der Waals surface area contributed by atoms with E-state index in [4.69, 9.17) is 4.74 Å². The summed E-state index contributed by atoms with van der Waals surface area (Å²) >= 11 is 0. The van der Waals surface area contributed by atoms with Crippen LogP contribution in [0.4, 0.5) is 0 Å². The minimum absolute atomic E-state index is 0.726. The third-order valence-corrected chi connectivity index (χ3v) is 3.00. The molecule has 0 fully saturated rings. The van der Waals surface area contributed by atoms with Crippen molar-refractivity contribution in [2.24, 2.45) is 0 Å². The van der Waals surface area contributed by atoms with Crippen LogP contribution in [0.25, 0.3) is 5.57 Å². The number of para-hydroxylation sites is 1. The van der Waals surface area contributed by atoms with Crippen LogP contribution in [0.1, 0.15) is 24.8 Å². The summed E-state index contributed by atoms with van der Waals surface area (Å²) in [5, 5.41) is 18.6. The van der Waals surface area contributed by atoms with E-state index in [0.717, 1.165) is 41.6 Å². The Morgan fingerprint density at radius 1 is 1.19 bits per heavy atom. The highest BCUT2D eigenvalue weighted by Crippen LogP contribution is 2.38. The summed E-state index contributed by atoms with van der Waals surface area (Å²) in [6.45, 7) is 0. The molecule has 2 N–H and O–H groups in total. The molecule has 0 atom stereocenters. The van der Waals surface area contributed by atoms with E-state index < -0.39 is 7.12 Å². The normalized spacial score (nSPS) is 15.4. The highest BCUT2D eigenvalue weighted by Gasteiger charge is 2.26. The molecule has 1 aromatic rings. The van der Waals surface area contributed by atoms with Crippen molar-refractivity contribution in [3.63, 3.8) is 0 Å². The summed E-state index contributed by atoms with van der Waals surface area (Å²) in [5.74, 6) is 0.789. The predicted octanol–water partition coefficient (Wildman–Crippen LogP) is 1.64. The van der Waals surface area contributed by atoms with E-state index in [1.54, 1.807) is 7.11 Å². The molecule has 0 aliphatic heterocycles. The van der Waals surface area contributed by atoms with E-state index in [1.807, 2.05) is 24.3 Å². The lowest BCUT2D eigenvalue weighted by molar-refractivity contribution is 0.413. The van der Waals surface area contributed by atoms with Crippen molar-refractivity contribution in [2.75, 3.05) is 7.11 Å². The second-order valence-corrected chi connectivity index (χ2v) is 3.93. The van der Waals surface area contributed by atoms with E-state index >= 15 is 0 Å². The fraction of sp³-hybridized carbons (Fsp3) is 0.333. The molecule has 1 aliphatic rings. The molecule has 0 spiro atoms. The van der Waals surface area contributed by atoms with Gasteiger partial charge in [-0.25, -0.2) is 0 Å². The molecule has 2 rings (SSSR count). The van der Waals surface area contributed by atoms with Crippen LogP contribution >= 0.6 is 0 Å². The van der Waals surface area contributed by atoms with Crippen molar-refractivity contribution in [3.05, 3.63) is 35.3 Å². The fourth-order valence-corrected chi connectivity index (χ4v) is 2.25. The molecular formula is C12H15BO3. The molecule has 0 amide bonds. The Labute approximate surface area is 95.5 Å². The summed E-state index contributed by atoms with van der Waals surface area (Å²) in [6, 6.07) is 7.70. The monoisotopic (exact) mass is 218 g/mol. The lowest BCUT2D eigenvalue weighted by Crippen LogP contribution is -2.15. The van der Waals surface area contributed by atoms with Crippen LogP contribution < -0.4 is 4.74 Å². The van der Waals surface area contributed by atoms with Crippen LogP contribution in [0.15, 0.2) is 29.7 Å². The van der Waals surface area contributed by atoms with Crippen molar-refractivity contribution >= 4 is 12.7 Å². The van der Waals surface area contributed by atoms with E-state index in [0.29, 0.717) is 0 Å². The molecule has 0 radical (unpaired) electrons. The topological polar surface area (TPSA) is 49.7 Å². The Balaban J connectivity index is 2.47. The number of allylic oxidation sites excluding steroid dienone is 2. The highest BCUT2D eigenvalue weighted by molar-refractivity contribution is 6.52. The number of methoxy groups -OCH3 is 1. The Morgan fingerprint density at radius 2 is 1.94 bits per heavy atom. The van der Waals surface area contributed by atoms with Crippen LogP contribution in [-0.4, -0.2) is 24.3 Å². The molecule has 0 unspecified atom stereocenters.